The number of Topliss-reactive ketones (excluding diaryl/α,β-unsaturated/α-hetero) is 1. The number of carbonyl (C=O) groups is 1. The highest BCUT2D eigenvalue weighted by Gasteiger charge is 2.48. The largest absolute Gasteiger partial charge is 0.473 e. The van der Waals surface area contributed by atoms with Gasteiger partial charge in [-0.3, -0.25) is 4.79 Å². The normalized spacial score (nSPS) is 27.3. The topological polar surface area (TPSA) is 90.1 Å². The first-order chi connectivity index (χ1) is 14.6. The van der Waals surface area contributed by atoms with Gasteiger partial charge in [-0.15, -0.1) is 0 Å². The fourth-order valence-corrected chi connectivity index (χ4v) is 5.49. The van der Waals surface area contributed by atoms with Crippen molar-refractivity contribution < 1.29 is 14.1 Å². The molecule has 0 amide bonds. The van der Waals surface area contributed by atoms with Crippen molar-refractivity contribution in [2.24, 2.45) is 0 Å². The van der Waals surface area contributed by atoms with Crippen LogP contribution >= 0.6 is 11.6 Å². The van der Waals surface area contributed by atoms with Crippen LogP contribution in [-0.4, -0.2) is 39.6 Å². The number of ether oxygens (including phenoxy) is 1. The van der Waals surface area contributed by atoms with Crippen LogP contribution in [0.5, 0.6) is 5.88 Å². The molecular formula is C22H27ClN4O3. The second-order valence-electron chi connectivity index (χ2n) is 8.78. The second kappa shape index (κ2) is 7.93. The third-order valence-electron chi connectivity index (χ3n) is 6.90. The first-order valence-electron chi connectivity index (χ1n) is 11.0. The van der Waals surface area contributed by atoms with E-state index in [4.69, 9.17) is 20.9 Å². The molecular weight excluding hydrogens is 404 g/mol. The standard InChI is InChI=1S/C22H27ClN4O3/c1-13(15-7-5-11-24-15)29-18-12-17(23)25-21(26-18)19-14-6-4-10-22(20(14)30-27-19)9-3-2-8-16(22)28/h12-13,15,24H,2-11H2,1H3/t13-,15-,22+/m0/s1. The quantitative estimate of drug-likeness (QED) is 0.732. The summed E-state index contributed by atoms with van der Waals surface area (Å²) >= 11 is 6.30. The maximum absolute atomic E-state index is 12.9. The lowest BCUT2D eigenvalue weighted by Crippen LogP contribution is -2.41. The van der Waals surface area contributed by atoms with Crippen LogP contribution in [0.1, 0.15) is 69.6 Å². The second-order valence-corrected chi connectivity index (χ2v) is 9.17. The van der Waals surface area contributed by atoms with Crippen molar-refractivity contribution in [1.82, 2.24) is 20.4 Å². The number of nitrogens with one attached hydrogen (secondary N) is 1. The van der Waals surface area contributed by atoms with Gasteiger partial charge in [0.2, 0.25) is 5.88 Å². The van der Waals surface area contributed by atoms with Gasteiger partial charge in [-0.2, -0.15) is 4.98 Å². The van der Waals surface area contributed by atoms with Gasteiger partial charge < -0.3 is 14.6 Å². The maximum atomic E-state index is 12.9. The van der Waals surface area contributed by atoms with E-state index >= 15 is 0 Å². The fraction of sp³-hybridized carbons (Fsp3) is 0.636. The van der Waals surface area contributed by atoms with Crippen molar-refractivity contribution in [1.29, 1.82) is 0 Å². The molecule has 8 heteroatoms. The summed E-state index contributed by atoms with van der Waals surface area (Å²) in [5.74, 6) is 1.84. The van der Waals surface area contributed by atoms with E-state index in [0.29, 0.717) is 35.0 Å². The highest BCUT2D eigenvalue weighted by molar-refractivity contribution is 6.29. The zero-order chi connectivity index (χ0) is 20.7. The molecule has 2 aliphatic carbocycles. The Morgan fingerprint density at radius 2 is 2.10 bits per heavy atom. The van der Waals surface area contributed by atoms with Crippen molar-refractivity contribution in [3.8, 4) is 17.4 Å². The molecule has 0 unspecified atom stereocenters. The van der Waals surface area contributed by atoms with E-state index in [1.165, 1.54) is 0 Å². The summed E-state index contributed by atoms with van der Waals surface area (Å²) in [5, 5.41) is 8.07. The predicted octanol–water partition coefficient (Wildman–Crippen LogP) is 4.02. The summed E-state index contributed by atoms with van der Waals surface area (Å²) in [4.78, 5) is 21.9. The monoisotopic (exact) mass is 430 g/mol. The van der Waals surface area contributed by atoms with E-state index in [9.17, 15) is 4.79 Å². The lowest BCUT2D eigenvalue weighted by atomic mass is 9.64. The third-order valence-corrected chi connectivity index (χ3v) is 7.09. The van der Waals surface area contributed by atoms with Gasteiger partial charge in [0.05, 0.1) is 5.41 Å². The molecule has 3 heterocycles. The molecule has 7 nitrogen and oxygen atoms in total. The van der Waals surface area contributed by atoms with E-state index in [1.807, 2.05) is 6.92 Å². The average molecular weight is 431 g/mol. The minimum atomic E-state index is -0.516. The van der Waals surface area contributed by atoms with E-state index in [-0.39, 0.29) is 11.9 Å². The molecule has 1 saturated heterocycles. The number of ketones is 1. The molecule has 2 fully saturated rings. The number of carbonyl (C=O) groups excluding carboxylic acids is 1. The molecule has 3 atom stereocenters. The third kappa shape index (κ3) is 3.42. The first kappa shape index (κ1) is 19.9. The molecule has 2 aromatic heterocycles. The van der Waals surface area contributed by atoms with Gasteiger partial charge in [0.15, 0.2) is 17.3 Å². The lowest BCUT2D eigenvalue weighted by Gasteiger charge is -2.36. The number of hydrogen-bond donors (Lipinski definition) is 1. The number of aromatic nitrogens is 3. The summed E-state index contributed by atoms with van der Waals surface area (Å²) in [6.07, 6.45) is 8.24. The van der Waals surface area contributed by atoms with E-state index in [1.54, 1.807) is 6.07 Å². The molecule has 0 aromatic carbocycles. The number of fused-ring (bicyclic) bond motifs is 2. The number of nitrogens with zero attached hydrogens (tertiary/aromatic N) is 3. The van der Waals surface area contributed by atoms with E-state index < -0.39 is 5.41 Å². The lowest BCUT2D eigenvalue weighted by molar-refractivity contribution is -0.128. The Morgan fingerprint density at radius 3 is 2.90 bits per heavy atom. The van der Waals surface area contributed by atoms with Crippen LogP contribution in [0.3, 0.4) is 0 Å². The van der Waals surface area contributed by atoms with Crippen molar-refractivity contribution >= 4 is 17.4 Å². The maximum Gasteiger partial charge on any atom is 0.218 e. The van der Waals surface area contributed by atoms with Gasteiger partial charge in [-0.1, -0.05) is 23.2 Å². The summed E-state index contributed by atoms with van der Waals surface area (Å²) in [6.45, 7) is 3.05. The Morgan fingerprint density at radius 1 is 1.23 bits per heavy atom. The zero-order valence-corrected chi connectivity index (χ0v) is 18.0. The Kier molecular flexibility index (Phi) is 5.27. The summed E-state index contributed by atoms with van der Waals surface area (Å²) in [6, 6.07) is 1.94. The highest BCUT2D eigenvalue weighted by Crippen LogP contribution is 2.47. The molecule has 0 bridgehead atoms. The van der Waals surface area contributed by atoms with Crippen LogP contribution in [-0.2, 0) is 16.6 Å². The first-order valence-corrected chi connectivity index (χ1v) is 11.4. The molecule has 2 aromatic rings. The summed E-state index contributed by atoms with van der Waals surface area (Å²) in [5.41, 5.74) is 1.02. The Bertz CT molecular complexity index is 956. The van der Waals surface area contributed by atoms with Crippen LogP contribution in [0.4, 0.5) is 0 Å². The zero-order valence-electron chi connectivity index (χ0n) is 17.2. The summed E-state index contributed by atoms with van der Waals surface area (Å²) in [7, 11) is 0. The van der Waals surface area contributed by atoms with Gasteiger partial charge >= 0.3 is 0 Å². The molecule has 1 saturated carbocycles. The van der Waals surface area contributed by atoms with Crippen LogP contribution in [0.25, 0.3) is 11.5 Å². The number of rotatable bonds is 4. The van der Waals surface area contributed by atoms with Gasteiger partial charge in [-0.05, 0) is 58.4 Å². The molecule has 5 rings (SSSR count). The molecule has 160 valence electrons. The van der Waals surface area contributed by atoms with Crippen molar-refractivity contribution in [3.63, 3.8) is 0 Å². The van der Waals surface area contributed by atoms with Crippen molar-refractivity contribution in [2.75, 3.05) is 6.54 Å². The minimum absolute atomic E-state index is 0.0272. The molecule has 1 aliphatic heterocycles. The summed E-state index contributed by atoms with van der Waals surface area (Å²) < 4.78 is 11.9. The molecule has 0 radical (unpaired) electrons. The van der Waals surface area contributed by atoms with Gasteiger partial charge in [0, 0.05) is 24.1 Å². The average Bonchev–Trinajstić information content (AvgIpc) is 3.40. The molecule has 1 spiro atoms. The Labute approximate surface area is 180 Å². The van der Waals surface area contributed by atoms with E-state index in [2.05, 4.69) is 20.4 Å². The smallest absolute Gasteiger partial charge is 0.218 e. The minimum Gasteiger partial charge on any atom is -0.473 e. The van der Waals surface area contributed by atoms with Gasteiger partial charge in [0.1, 0.15) is 17.0 Å². The Hall–Kier alpha value is -1.99. The highest BCUT2D eigenvalue weighted by atomic mass is 35.5. The fourth-order valence-electron chi connectivity index (χ4n) is 5.32. The van der Waals surface area contributed by atoms with Crippen LogP contribution in [0.2, 0.25) is 5.15 Å². The number of hydrogen-bond acceptors (Lipinski definition) is 7. The van der Waals surface area contributed by atoms with Crippen molar-refractivity contribution in [2.45, 2.75) is 82.3 Å². The van der Waals surface area contributed by atoms with Gasteiger partial charge in [0.25, 0.3) is 0 Å². The van der Waals surface area contributed by atoms with Crippen LogP contribution in [0, 0.1) is 0 Å². The van der Waals surface area contributed by atoms with E-state index in [0.717, 1.165) is 69.2 Å². The predicted molar refractivity (Wildman–Crippen MR) is 112 cm³/mol. The Balaban J connectivity index is 1.47. The molecule has 3 aliphatic rings. The molecule has 30 heavy (non-hydrogen) atoms. The SMILES string of the molecule is C[C@H](Oc1cc(Cl)nc(-c2noc3c2CCC[C@@]32CCCCC2=O)n1)[C@@H]1CCCN1. The van der Waals surface area contributed by atoms with Crippen LogP contribution < -0.4 is 10.1 Å². The van der Waals surface area contributed by atoms with Gasteiger partial charge in [-0.25, -0.2) is 4.98 Å². The number of halogens is 1. The van der Waals surface area contributed by atoms with Crippen molar-refractivity contribution in [3.05, 3.63) is 22.5 Å². The van der Waals surface area contributed by atoms with Crippen LogP contribution in [0.15, 0.2) is 10.6 Å². The molecule has 1 N–H and O–H groups in total.